The molecule has 4 heterocycles. The molecule has 2 aliphatic heterocycles. The summed E-state index contributed by atoms with van der Waals surface area (Å²) < 4.78 is 1.55. The van der Waals surface area contributed by atoms with E-state index in [2.05, 4.69) is 10.4 Å². The number of piperidine rings is 1. The Balaban J connectivity index is 1.65. The third-order valence-electron chi connectivity index (χ3n) is 4.72. The molecule has 1 spiro atoms. The molecule has 4 rings (SSSR count). The molecule has 2 aliphatic rings. The molecule has 24 heavy (non-hydrogen) atoms. The van der Waals surface area contributed by atoms with Gasteiger partial charge in [0.15, 0.2) is 0 Å². The van der Waals surface area contributed by atoms with Gasteiger partial charge in [0.2, 0.25) is 17.7 Å². The Morgan fingerprint density at radius 1 is 1.25 bits per heavy atom. The smallest absolute Gasteiger partial charge is 0.264 e. The van der Waals surface area contributed by atoms with Crippen molar-refractivity contribution in [2.45, 2.75) is 19.3 Å². The van der Waals surface area contributed by atoms with E-state index in [1.165, 1.54) is 6.20 Å². The highest BCUT2D eigenvalue weighted by atomic mass is 16.2. The van der Waals surface area contributed by atoms with Crippen LogP contribution in [0.5, 0.6) is 0 Å². The van der Waals surface area contributed by atoms with E-state index in [1.54, 1.807) is 28.9 Å². The predicted molar refractivity (Wildman–Crippen MR) is 80.7 cm³/mol. The van der Waals surface area contributed by atoms with Gasteiger partial charge in [0, 0.05) is 25.6 Å². The highest BCUT2D eigenvalue weighted by molar-refractivity contribution is 6.12. The first kappa shape index (κ1) is 14.6. The van der Waals surface area contributed by atoms with Crippen LogP contribution in [-0.2, 0) is 14.4 Å². The maximum Gasteiger partial charge on any atom is 0.264 e. The first-order chi connectivity index (χ1) is 11.5. The largest absolute Gasteiger partial charge is 0.296 e. The molecular weight excluding hydrogens is 312 g/mol. The summed E-state index contributed by atoms with van der Waals surface area (Å²) in [5, 5.41) is 6.37. The summed E-state index contributed by atoms with van der Waals surface area (Å²) in [7, 11) is 0. The van der Waals surface area contributed by atoms with E-state index in [0.29, 0.717) is 11.1 Å². The molecule has 0 bridgehead atoms. The molecule has 8 heteroatoms. The van der Waals surface area contributed by atoms with Crippen LogP contribution < -0.4 is 5.32 Å². The van der Waals surface area contributed by atoms with E-state index in [1.807, 2.05) is 0 Å². The van der Waals surface area contributed by atoms with Gasteiger partial charge in [-0.15, -0.1) is 0 Å². The number of fused-ring (bicyclic) bond motifs is 1. The second-order valence-corrected chi connectivity index (χ2v) is 6.21. The van der Waals surface area contributed by atoms with Crippen molar-refractivity contribution < 1.29 is 19.2 Å². The molecule has 4 amide bonds. The van der Waals surface area contributed by atoms with Crippen molar-refractivity contribution in [3.05, 3.63) is 36.2 Å². The lowest BCUT2D eigenvalue weighted by molar-refractivity contribution is -0.142. The second kappa shape index (κ2) is 4.98. The van der Waals surface area contributed by atoms with Crippen molar-refractivity contribution in [3.8, 4) is 0 Å². The summed E-state index contributed by atoms with van der Waals surface area (Å²) in [6.07, 6.45) is 3.52. The summed E-state index contributed by atoms with van der Waals surface area (Å²) in [6, 6.07) is 5.30. The van der Waals surface area contributed by atoms with Gasteiger partial charge in [-0.1, -0.05) is 6.07 Å². The Morgan fingerprint density at radius 3 is 2.88 bits per heavy atom. The van der Waals surface area contributed by atoms with Crippen LogP contribution in [0.25, 0.3) is 5.52 Å². The number of nitrogens with zero attached hydrogens (tertiary/aromatic N) is 3. The minimum atomic E-state index is -0.996. The third kappa shape index (κ3) is 2.03. The number of amides is 4. The zero-order valence-electron chi connectivity index (χ0n) is 12.7. The average Bonchev–Trinajstić information content (AvgIpc) is 3.13. The third-order valence-corrected chi connectivity index (χ3v) is 4.72. The summed E-state index contributed by atoms with van der Waals surface area (Å²) >= 11 is 0. The van der Waals surface area contributed by atoms with E-state index in [0.717, 1.165) is 4.90 Å². The van der Waals surface area contributed by atoms with Crippen LogP contribution in [0.2, 0.25) is 0 Å². The van der Waals surface area contributed by atoms with Crippen LogP contribution in [0.4, 0.5) is 0 Å². The summed E-state index contributed by atoms with van der Waals surface area (Å²) in [6.45, 7) is -0.00600. The lowest BCUT2D eigenvalue weighted by Crippen LogP contribution is -2.50. The Bertz CT molecular complexity index is 902. The van der Waals surface area contributed by atoms with Crippen molar-refractivity contribution in [1.29, 1.82) is 0 Å². The van der Waals surface area contributed by atoms with Crippen molar-refractivity contribution in [2.75, 3.05) is 6.54 Å². The Kier molecular flexibility index (Phi) is 3.02. The normalized spacial score (nSPS) is 24.0. The highest BCUT2D eigenvalue weighted by Gasteiger charge is 2.52. The van der Waals surface area contributed by atoms with Crippen molar-refractivity contribution in [2.24, 2.45) is 5.41 Å². The maximum absolute atomic E-state index is 12.8. The fraction of sp³-hybridized carbons (Fsp3) is 0.312. The van der Waals surface area contributed by atoms with Gasteiger partial charge in [-0.25, -0.2) is 4.52 Å². The minimum Gasteiger partial charge on any atom is -0.296 e. The molecule has 0 saturated carbocycles. The standard InChI is InChI=1S/C16H14N4O4/c21-12-4-5-16(15(24)18-12)7-13(22)19(9-16)14(23)10-8-17-20-6-2-1-3-11(10)20/h1-3,6,8H,4-5,7,9H2,(H,18,21,24). The van der Waals surface area contributed by atoms with E-state index in [4.69, 9.17) is 0 Å². The van der Waals surface area contributed by atoms with Crippen LogP contribution in [0.3, 0.4) is 0 Å². The first-order valence-corrected chi connectivity index (χ1v) is 7.62. The van der Waals surface area contributed by atoms with Gasteiger partial charge in [-0.3, -0.25) is 29.4 Å². The molecule has 2 aromatic heterocycles. The number of likely N-dealkylation sites (tertiary alicyclic amines) is 1. The molecule has 1 unspecified atom stereocenters. The summed E-state index contributed by atoms with van der Waals surface area (Å²) in [5.41, 5.74) is -0.0864. The van der Waals surface area contributed by atoms with Crippen LogP contribution in [0, 0.1) is 5.41 Å². The number of hydrogen-bond acceptors (Lipinski definition) is 5. The fourth-order valence-electron chi connectivity index (χ4n) is 3.37. The Hall–Kier alpha value is -3.03. The predicted octanol–water partition coefficient (Wildman–Crippen LogP) is 0.130. The van der Waals surface area contributed by atoms with Crippen molar-refractivity contribution in [3.63, 3.8) is 0 Å². The lowest BCUT2D eigenvalue weighted by Gasteiger charge is -2.30. The monoisotopic (exact) mass is 326 g/mol. The number of hydrogen-bond donors (Lipinski definition) is 1. The van der Waals surface area contributed by atoms with Gasteiger partial charge in [0.1, 0.15) is 0 Å². The van der Waals surface area contributed by atoms with Crippen LogP contribution >= 0.6 is 0 Å². The van der Waals surface area contributed by atoms with Gasteiger partial charge >= 0.3 is 0 Å². The van der Waals surface area contributed by atoms with Crippen LogP contribution in [0.15, 0.2) is 30.6 Å². The molecule has 1 N–H and O–H groups in total. The molecule has 122 valence electrons. The number of nitrogens with one attached hydrogen (secondary N) is 1. The quantitative estimate of drug-likeness (QED) is 0.751. The molecule has 2 aromatic rings. The minimum absolute atomic E-state index is 0.00600. The van der Waals surface area contributed by atoms with E-state index >= 15 is 0 Å². The van der Waals surface area contributed by atoms with E-state index < -0.39 is 23.1 Å². The highest BCUT2D eigenvalue weighted by Crippen LogP contribution is 2.39. The average molecular weight is 326 g/mol. The molecule has 2 saturated heterocycles. The number of aromatic nitrogens is 2. The Labute approximate surface area is 136 Å². The molecule has 2 fully saturated rings. The zero-order valence-corrected chi connectivity index (χ0v) is 12.7. The van der Waals surface area contributed by atoms with Crippen LogP contribution in [-0.4, -0.2) is 44.7 Å². The molecule has 8 nitrogen and oxygen atoms in total. The fourth-order valence-corrected chi connectivity index (χ4v) is 3.37. The molecule has 0 aliphatic carbocycles. The summed E-state index contributed by atoms with van der Waals surface area (Å²) in [4.78, 5) is 49.8. The number of pyridine rings is 1. The second-order valence-electron chi connectivity index (χ2n) is 6.21. The number of carbonyl (C=O) groups is 4. The Morgan fingerprint density at radius 2 is 2.08 bits per heavy atom. The van der Waals surface area contributed by atoms with E-state index in [-0.39, 0.29) is 31.7 Å². The first-order valence-electron chi connectivity index (χ1n) is 7.62. The SMILES string of the molecule is O=C1CCC2(CC(=O)N(C(=O)c3cnn4ccccc34)C2)C(=O)N1. The van der Waals surface area contributed by atoms with E-state index in [9.17, 15) is 19.2 Å². The summed E-state index contributed by atoms with van der Waals surface area (Å²) in [5.74, 6) is -1.68. The topological polar surface area (TPSA) is 101 Å². The number of rotatable bonds is 1. The van der Waals surface area contributed by atoms with Crippen molar-refractivity contribution in [1.82, 2.24) is 19.8 Å². The lowest BCUT2D eigenvalue weighted by atomic mass is 9.79. The van der Waals surface area contributed by atoms with Gasteiger partial charge in [0.05, 0.1) is 22.7 Å². The number of imide groups is 2. The molecule has 0 aromatic carbocycles. The van der Waals surface area contributed by atoms with Crippen molar-refractivity contribution >= 4 is 29.1 Å². The van der Waals surface area contributed by atoms with Gasteiger partial charge in [-0.05, 0) is 18.6 Å². The van der Waals surface area contributed by atoms with Crippen LogP contribution in [0.1, 0.15) is 29.6 Å². The van der Waals surface area contributed by atoms with Gasteiger partial charge in [-0.2, -0.15) is 5.10 Å². The molecule has 0 radical (unpaired) electrons. The van der Waals surface area contributed by atoms with Gasteiger partial charge in [0.25, 0.3) is 5.91 Å². The molecular formula is C16H14N4O4. The maximum atomic E-state index is 12.8. The zero-order chi connectivity index (χ0) is 16.9. The number of carbonyl (C=O) groups excluding carboxylic acids is 4. The molecule has 1 atom stereocenters. The van der Waals surface area contributed by atoms with Gasteiger partial charge < -0.3 is 0 Å².